The zero-order valence-corrected chi connectivity index (χ0v) is 7.73. The minimum absolute atomic E-state index is 0.635. The van der Waals surface area contributed by atoms with Gasteiger partial charge >= 0.3 is 0 Å². The van der Waals surface area contributed by atoms with Crippen LogP contribution in [0.1, 0.15) is 12.0 Å². The van der Waals surface area contributed by atoms with Crippen LogP contribution in [0.4, 0.5) is 0 Å². The maximum absolute atomic E-state index is 5.35. The summed E-state index contributed by atoms with van der Waals surface area (Å²) in [6.45, 7) is 0.681. The van der Waals surface area contributed by atoms with Crippen LogP contribution in [0.5, 0.6) is 5.88 Å². The number of pyridine rings is 1. The molecule has 1 rings (SSSR count). The molecule has 1 aromatic rings. The molecule has 0 aliphatic carbocycles. The van der Waals surface area contributed by atoms with Gasteiger partial charge in [-0.05, 0) is 24.6 Å². The van der Waals surface area contributed by atoms with Crippen molar-refractivity contribution in [2.24, 2.45) is 5.73 Å². The highest BCUT2D eigenvalue weighted by Gasteiger charge is 1.90. The average Bonchev–Trinajstić information content (AvgIpc) is 2.19. The van der Waals surface area contributed by atoms with Crippen molar-refractivity contribution in [3.63, 3.8) is 0 Å². The van der Waals surface area contributed by atoms with Gasteiger partial charge in [0.05, 0.1) is 7.11 Å². The summed E-state index contributed by atoms with van der Waals surface area (Å²) in [5.74, 6) is 0.635. The van der Waals surface area contributed by atoms with Crippen LogP contribution in [-0.4, -0.2) is 18.6 Å². The molecule has 3 nitrogen and oxygen atoms in total. The third-order valence-corrected chi connectivity index (χ3v) is 1.61. The first-order chi connectivity index (χ1) is 6.36. The van der Waals surface area contributed by atoms with E-state index in [0.717, 1.165) is 12.0 Å². The molecular formula is C10H14N2O. The maximum Gasteiger partial charge on any atom is 0.212 e. The van der Waals surface area contributed by atoms with Crippen LogP contribution < -0.4 is 10.5 Å². The van der Waals surface area contributed by atoms with Crippen LogP contribution in [0, 0.1) is 0 Å². The second-order valence-electron chi connectivity index (χ2n) is 2.61. The summed E-state index contributed by atoms with van der Waals surface area (Å²) in [7, 11) is 1.60. The van der Waals surface area contributed by atoms with Crippen molar-refractivity contribution >= 4 is 6.08 Å². The van der Waals surface area contributed by atoms with Crippen LogP contribution in [0.15, 0.2) is 24.4 Å². The number of rotatable bonds is 4. The summed E-state index contributed by atoms with van der Waals surface area (Å²) < 4.78 is 4.94. The Morgan fingerprint density at radius 3 is 2.92 bits per heavy atom. The molecule has 0 saturated carbocycles. The van der Waals surface area contributed by atoms with Gasteiger partial charge in [-0.1, -0.05) is 12.2 Å². The quantitative estimate of drug-likeness (QED) is 0.759. The Balaban J connectivity index is 2.58. The molecule has 0 unspecified atom stereocenters. The van der Waals surface area contributed by atoms with Gasteiger partial charge in [0.2, 0.25) is 5.88 Å². The fourth-order valence-electron chi connectivity index (χ4n) is 0.927. The fraction of sp³-hybridized carbons (Fsp3) is 0.300. The third-order valence-electron chi connectivity index (χ3n) is 1.61. The average molecular weight is 178 g/mol. The largest absolute Gasteiger partial charge is 0.481 e. The molecule has 0 aromatic carbocycles. The standard InChI is InChI=1S/C10H14N2O/c1-13-10-6-5-9(8-12-10)4-2-3-7-11/h2,4-6,8H,3,7,11H2,1H3. The van der Waals surface area contributed by atoms with E-state index < -0.39 is 0 Å². The van der Waals surface area contributed by atoms with E-state index in [0.29, 0.717) is 12.4 Å². The molecule has 1 heterocycles. The zero-order valence-electron chi connectivity index (χ0n) is 7.73. The number of nitrogens with zero attached hydrogens (tertiary/aromatic N) is 1. The molecule has 1 aromatic heterocycles. The Morgan fingerprint density at radius 2 is 2.38 bits per heavy atom. The van der Waals surface area contributed by atoms with Crippen molar-refractivity contribution in [2.45, 2.75) is 6.42 Å². The summed E-state index contributed by atoms with van der Waals surface area (Å²) in [6.07, 6.45) is 6.70. The first kappa shape index (κ1) is 9.74. The van der Waals surface area contributed by atoms with E-state index in [-0.39, 0.29) is 0 Å². The van der Waals surface area contributed by atoms with Gasteiger partial charge in [-0.15, -0.1) is 0 Å². The van der Waals surface area contributed by atoms with Gasteiger partial charge in [-0.2, -0.15) is 0 Å². The molecule has 13 heavy (non-hydrogen) atoms. The van der Waals surface area contributed by atoms with E-state index in [1.54, 1.807) is 13.3 Å². The SMILES string of the molecule is COc1ccc(C=CCCN)cn1. The Morgan fingerprint density at radius 1 is 1.54 bits per heavy atom. The van der Waals surface area contributed by atoms with Crippen LogP contribution in [0.3, 0.4) is 0 Å². The van der Waals surface area contributed by atoms with E-state index in [9.17, 15) is 0 Å². The number of hydrogen-bond donors (Lipinski definition) is 1. The van der Waals surface area contributed by atoms with Crippen LogP contribution in [0.2, 0.25) is 0 Å². The van der Waals surface area contributed by atoms with E-state index in [4.69, 9.17) is 10.5 Å². The fourth-order valence-corrected chi connectivity index (χ4v) is 0.927. The lowest BCUT2D eigenvalue weighted by molar-refractivity contribution is 0.398. The van der Waals surface area contributed by atoms with Gasteiger partial charge < -0.3 is 10.5 Å². The molecule has 0 atom stereocenters. The molecule has 0 spiro atoms. The normalized spacial score (nSPS) is 10.6. The first-order valence-electron chi connectivity index (χ1n) is 4.23. The van der Waals surface area contributed by atoms with E-state index in [1.165, 1.54) is 0 Å². The molecule has 0 amide bonds. The molecule has 0 aliphatic heterocycles. The molecule has 70 valence electrons. The predicted molar refractivity (Wildman–Crippen MR) is 53.5 cm³/mol. The van der Waals surface area contributed by atoms with Crippen molar-refractivity contribution in [2.75, 3.05) is 13.7 Å². The van der Waals surface area contributed by atoms with Crippen molar-refractivity contribution in [1.82, 2.24) is 4.98 Å². The monoisotopic (exact) mass is 178 g/mol. The second kappa shape index (κ2) is 5.32. The summed E-state index contributed by atoms with van der Waals surface area (Å²) >= 11 is 0. The van der Waals surface area contributed by atoms with E-state index in [1.807, 2.05) is 24.3 Å². The van der Waals surface area contributed by atoms with Crippen LogP contribution in [0.25, 0.3) is 6.08 Å². The highest BCUT2D eigenvalue weighted by Crippen LogP contribution is 2.07. The number of nitrogens with two attached hydrogens (primary N) is 1. The topological polar surface area (TPSA) is 48.1 Å². The summed E-state index contributed by atoms with van der Waals surface area (Å²) in [5, 5.41) is 0. The molecule has 0 aliphatic rings. The lowest BCUT2D eigenvalue weighted by Crippen LogP contribution is -1.95. The first-order valence-corrected chi connectivity index (χ1v) is 4.23. The van der Waals surface area contributed by atoms with Crippen molar-refractivity contribution in [1.29, 1.82) is 0 Å². The lowest BCUT2D eigenvalue weighted by Gasteiger charge is -1.97. The Kier molecular flexibility index (Phi) is 3.99. The van der Waals surface area contributed by atoms with Gasteiger partial charge in [0.1, 0.15) is 0 Å². The minimum atomic E-state index is 0.635. The van der Waals surface area contributed by atoms with Crippen LogP contribution in [-0.2, 0) is 0 Å². The highest BCUT2D eigenvalue weighted by atomic mass is 16.5. The molecule has 0 radical (unpaired) electrons. The number of ether oxygens (including phenoxy) is 1. The van der Waals surface area contributed by atoms with Gasteiger partial charge in [-0.3, -0.25) is 0 Å². The molecule has 2 N–H and O–H groups in total. The predicted octanol–water partition coefficient (Wildman–Crippen LogP) is 1.45. The molecule has 0 fully saturated rings. The second-order valence-corrected chi connectivity index (χ2v) is 2.61. The van der Waals surface area contributed by atoms with Crippen LogP contribution >= 0.6 is 0 Å². The van der Waals surface area contributed by atoms with E-state index in [2.05, 4.69) is 4.98 Å². The van der Waals surface area contributed by atoms with Gasteiger partial charge in [0.25, 0.3) is 0 Å². The number of methoxy groups -OCH3 is 1. The molecule has 0 saturated heterocycles. The van der Waals surface area contributed by atoms with Crippen molar-refractivity contribution in [3.05, 3.63) is 30.0 Å². The minimum Gasteiger partial charge on any atom is -0.481 e. The Bertz CT molecular complexity index is 267. The highest BCUT2D eigenvalue weighted by molar-refractivity contribution is 5.48. The Hall–Kier alpha value is -1.35. The molecular weight excluding hydrogens is 164 g/mol. The maximum atomic E-state index is 5.35. The molecule has 0 bridgehead atoms. The zero-order chi connectivity index (χ0) is 9.52. The Labute approximate surface area is 78.2 Å². The summed E-state index contributed by atoms with van der Waals surface area (Å²) in [5.41, 5.74) is 6.42. The molecule has 3 heteroatoms. The lowest BCUT2D eigenvalue weighted by atomic mass is 10.2. The number of aromatic nitrogens is 1. The van der Waals surface area contributed by atoms with Gasteiger partial charge in [-0.25, -0.2) is 4.98 Å². The van der Waals surface area contributed by atoms with Gasteiger partial charge in [0, 0.05) is 12.3 Å². The van der Waals surface area contributed by atoms with Gasteiger partial charge in [0.15, 0.2) is 0 Å². The van der Waals surface area contributed by atoms with E-state index >= 15 is 0 Å². The van der Waals surface area contributed by atoms with Crippen molar-refractivity contribution in [3.8, 4) is 5.88 Å². The van der Waals surface area contributed by atoms with Crippen molar-refractivity contribution < 1.29 is 4.74 Å². The number of hydrogen-bond acceptors (Lipinski definition) is 3. The summed E-state index contributed by atoms with van der Waals surface area (Å²) in [6, 6.07) is 3.79. The summed E-state index contributed by atoms with van der Waals surface area (Å²) in [4.78, 5) is 4.07. The smallest absolute Gasteiger partial charge is 0.212 e. The third kappa shape index (κ3) is 3.25.